The van der Waals surface area contributed by atoms with E-state index in [4.69, 9.17) is 4.98 Å². The Kier molecular flexibility index (Phi) is 5.62. The van der Waals surface area contributed by atoms with Gasteiger partial charge in [-0.25, -0.2) is 4.98 Å². The summed E-state index contributed by atoms with van der Waals surface area (Å²) < 4.78 is 0. The number of anilines is 1. The molecule has 1 fully saturated rings. The Balaban J connectivity index is 1.48. The monoisotopic (exact) mass is 378 g/mol. The Labute approximate surface area is 167 Å². The van der Waals surface area contributed by atoms with Crippen LogP contribution in [0.1, 0.15) is 43.5 Å². The average Bonchev–Trinajstić information content (AvgIpc) is 2.69. The molecule has 1 aromatic heterocycles. The third-order valence-corrected chi connectivity index (χ3v) is 5.91. The van der Waals surface area contributed by atoms with Gasteiger partial charge >= 0.3 is 0 Å². The molecule has 2 aliphatic rings. The van der Waals surface area contributed by atoms with Gasteiger partial charge in [-0.1, -0.05) is 48.9 Å². The highest BCUT2D eigenvalue weighted by molar-refractivity contribution is 5.52. The van der Waals surface area contributed by atoms with Crippen molar-refractivity contribution < 1.29 is 0 Å². The fraction of sp³-hybridized carbons (Fsp3) is 0.478. The van der Waals surface area contributed by atoms with Crippen molar-refractivity contribution >= 4 is 12.0 Å². The predicted molar refractivity (Wildman–Crippen MR) is 115 cm³/mol. The largest absolute Gasteiger partial charge is 0.342 e. The van der Waals surface area contributed by atoms with Crippen molar-refractivity contribution in [2.75, 3.05) is 31.1 Å². The highest BCUT2D eigenvalue weighted by Crippen LogP contribution is 2.22. The van der Waals surface area contributed by atoms with Gasteiger partial charge in [-0.2, -0.15) is 0 Å². The topological polar surface area (TPSA) is 52.2 Å². The summed E-state index contributed by atoms with van der Waals surface area (Å²) in [6.07, 6.45) is 5.33. The van der Waals surface area contributed by atoms with Gasteiger partial charge in [-0.05, 0) is 37.7 Å². The van der Waals surface area contributed by atoms with Crippen molar-refractivity contribution in [1.29, 1.82) is 0 Å². The molecule has 2 aromatic rings. The van der Waals surface area contributed by atoms with Crippen molar-refractivity contribution in [3.05, 3.63) is 63.1 Å². The lowest BCUT2D eigenvalue weighted by atomic mass is 9.99. The zero-order valence-electron chi connectivity index (χ0n) is 16.9. The Bertz CT molecular complexity index is 895. The number of fused-ring (bicyclic) bond motifs is 1. The molecular weight excluding hydrogens is 348 g/mol. The molecule has 0 bridgehead atoms. The van der Waals surface area contributed by atoms with Crippen LogP contribution in [0.3, 0.4) is 0 Å². The normalized spacial score (nSPS) is 18.9. The van der Waals surface area contributed by atoms with Crippen molar-refractivity contribution in [1.82, 2.24) is 14.9 Å². The lowest BCUT2D eigenvalue weighted by Crippen LogP contribution is -2.39. The molecule has 1 N–H and O–H groups in total. The molecule has 5 nitrogen and oxygen atoms in total. The van der Waals surface area contributed by atoms with Gasteiger partial charge < -0.3 is 4.90 Å². The minimum Gasteiger partial charge on any atom is -0.342 e. The SMILES string of the molecule is CC(=Cc1ccccc1)CN1CCc2c(nc(N3CCC(C)CC3)[nH]c2=O)C1. The molecule has 0 unspecified atom stereocenters. The first-order valence-electron chi connectivity index (χ1n) is 10.4. The van der Waals surface area contributed by atoms with E-state index in [9.17, 15) is 4.79 Å². The quantitative estimate of drug-likeness (QED) is 0.885. The van der Waals surface area contributed by atoms with E-state index in [0.29, 0.717) is 0 Å². The second kappa shape index (κ2) is 8.31. The second-order valence-corrected chi connectivity index (χ2v) is 8.35. The molecule has 3 heterocycles. The Morgan fingerprint density at radius 2 is 1.96 bits per heavy atom. The van der Waals surface area contributed by atoms with E-state index in [1.54, 1.807) is 0 Å². The van der Waals surface area contributed by atoms with Crippen LogP contribution in [0, 0.1) is 5.92 Å². The average molecular weight is 379 g/mol. The third kappa shape index (κ3) is 4.36. The number of rotatable bonds is 4. The summed E-state index contributed by atoms with van der Waals surface area (Å²) in [6, 6.07) is 10.4. The van der Waals surface area contributed by atoms with E-state index in [2.05, 4.69) is 59.0 Å². The number of nitrogens with one attached hydrogen (secondary N) is 1. The first-order valence-corrected chi connectivity index (χ1v) is 10.4. The van der Waals surface area contributed by atoms with Crippen molar-refractivity contribution in [2.45, 2.75) is 39.7 Å². The molecule has 0 amide bonds. The van der Waals surface area contributed by atoms with Crippen LogP contribution in [0.5, 0.6) is 0 Å². The summed E-state index contributed by atoms with van der Waals surface area (Å²) in [5.41, 5.74) is 4.43. The molecule has 4 rings (SSSR count). The van der Waals surface area contributed by atoms with E-state index in [1.165, 1.54) is 11.1 Å². The van der Waals surface area contributed by atoms with E-state index in [-0.39, 0.29) is 5.56 Å². The molecule has 1 saturated heterocycles. The summed E-state index contributed by atoms with van der Waals surface area (Å²) in [6.45, 7) is 8.98. The van der Waals surface area contributed by atoms with Crippen molar-refractivity contribution in [2.24, 2.45) is 5.92 Å². The summed E-state index contributed by atoms with van der Waals surface area (Å²) in [5.74, 6) is 1.52. The van der Waals surface area contributed by atoms with Crippen LogP contribution in [-0.4, -0.2) is 41.0 Å². The van der Waals surface area contributed by atoms with E-state index in [1.807, 2.05) is 6.07 Å². The van der Waals surface area contributed by atoms with Crippen LogP contribution in [0.2, 0.25) is 0 Å². The molecular formula is C23H30N4O. The van der Waals surface area contributed by atoms with Gasteiger partial charge in [-0.3, -0.25) is 14.7 Å². The van der Waals surface area contributed by atoms with Crippen LogP contribution in [0.4, 0.5) is 5.95 Å². The van der Waals surface area contributed by atoms with E-state index >= 15 is 0 Å². The van der Waals surface area contributed by atoms with Crippen LogP contribution >= 0.6 is 0 Å². The van der Waals surface area contributed by atoms with Crippen LogP contribution in [-0.2, 0) is 13.0 Å². The van der Waals surface area contributed by atoms with Gasteiger partial charge in [0, 0.05) is 38.3 Å². The summed E-state index contributed by atoms with van der Waals surface area (Å²) >= 11 is 0. The van der Waals surface area contributed by atoms with Gasteiger partial charge in [0.2, 0.25) is 5.95 Å². The Hall–Kier alpha value is -2.40. The summed E-state index contributed by atoms with van der Waals surface area (Å²) in [4.78, 5) is 25.2. The van der Waals surface area contributed by atoms with Gasteiger partial charge in [0.25, 0.3) is 5.56 Å². The lowest BCUT2D eigenvalue weighted by Gasteiger charge is -2.32. The number of aromatic amines is 1. The van der Waals surface area contributed by atoms with Gasteiger partial charge in [0.1, 0.15) is 0 Å². The maximum atomic E-state index is 12.6. The van der Waals surface area contributed by atoms with Crippen LogP contribution in [0.15, 0.2) is 40.7 Å². The fourth-order valence-electron chi connectivity index (χ4n) is 4.22. The number of hydrogen-bond acceptors (Lipinski definition) is 4. The summed E-state index contributed by atoms with van der Waals surface area (Å²) in [5, 5.41) is 0. The Morgan fingerprint density at radius 1 is 1.21 bits per heavy atom. The molecule has 148 valence electrons. The smallest absolute Gasteiger partial charge is 0.255 e. The summed E-state index contributed by atoms with van der Waals surface area (Å²) in [7, 11) is 0. The molecule has 5 heteroatoms. The predicted octanol–water partition coefficient (Wildman–Crippen LogP) is 3.47. The van der Waals surface area contributed by atoms with Gasteiger partial charge in [0.15, 0.2) is 0 Å². The second-order valence-electron chi connectivity index (χ2n) is 8.35. The maximum Gasteiger partial charge on any atom is 0.255 e. The molecule has 28 heavy (non-hydrogen) atoms. The highest BCUT2D eigenvalue weighted by atomic mass is 16.1. The van der Waals surface area contributed by atoms with E-state index < -0.39 is 0 Å². The van der Waals surface area contributed by atoms with Crippen LogP contribution in [0.25, 0.3) is 6.08 Å². The van der Waals surface area contributed by atoms with Gasteiger partial charge in [-0.15, -0.1) is 0 Å². The first kappa shape index (κ1) is 18.9. The van der Waals surface area contributed by atoms with Crippen molar-refractivity contribution in [3.8, 4) is 0 Å². The zero-order valence-corrected chi connectivity index (χ0v) is 16.9. The first-order chi connectivity index (χ1) is 13.6. The number of piperidine rings is 1. The fourth-order valence-corrected chi connectivity index (χ4v) is 4.22. The van der Waals surface area contributed by atoms with Crippen LogP contribution < -0.4 is 10.5 Å². The molecule has 1 aromatic carbocycles. The third-order valence-electron chi connectivity index (χ3n) is 5.91. The van der Waals surface area contributed by atoms with Crippen molar-refractivity contribution in [3.63, 3.8) is 0 Å². The highest BCUT2D eigenvalue weighted by Gasteiger charge is 2.24. The molecule has 0 spiro atoms. The molecule has 2 aliphatic heterocycles. The lowest BCUT2D eigenvalue weighted by molar-refractivity contribution is 0.270. The molecule has 0 aliphatic carbocycles. The minimum atomic E-state index is 0.0508. The maximum absolute atomic E-state index is 12.6. The number of hydrogen-bond donors (Lipinski definition) is 1. The molecule has 0 atom stereocenters. The molecule has 0 radical (unpaired) electrons. The molecule has 0 saturated carbocycles. The zero-order chi connectivity index (χ0) is 19.5. The number of nitrogens with zero attached hydrogens (tertiary/aromatic N) is 3. The minimum absolute atomic E-state index is 0.0508. The van der Waals surface area contributed by atoms with Gasteiger partial charge in [0.05, 0.1) is 5.69 Å². The number of H-pyrrole nitrogens is 1. The number of benzene rings is 1. The number of aromatic nitrogens is 2. The standard InChI is InChI=1S/C23H30N4O/c1-17-8-12-27(13-9-17)23-24-21-16-26(11-10-20(21)22(28)25-23)15-18(2)14-19-6-4-3-5-7-19/h3-7,14,17H,8-13,15-16H2,1-2H3,(H,24,25,28). The Morgan fingerprint density at radius 3 is 2.71 bits per heavy atom. The van der Waals surface area contributed by atoms with E-state index in [0.717, 1.165) is 75.1 Å².